The minimum atomic E-state index is -0.146. The van der Waals surface area contributed by atoms with Gasteiger partial charge in [-0.3, -0.25) is 4.90 Å². The molecule has 1 saturated heterocycles. The molecule has 0 spiro atoms. The van der Waals surface area contributed by atoms with Crippen molar-refractivity contribution in [1.82, 2.24) is 10.2 Å². The van der Waals surface area contributed by atoms with Gasteiger partial charge in [0.05, 0.1) is 0 Å². The fraction of sp³-hybridized carbons (Fsp3) is 0.389. The first-order valence-corrected chi connectivity index (χ1v) is 9.22. The number of rotatable bonds is 5. The summed E-state index contributed by atoms with van der Waals surface area (Å²) in [6.45, 7) is 3.43. The number of urea groups is 1. The summed E-state index contributed by atoms with van der Waals surface area (Å²) in [6, 6.07) is 11.9. The Hall–Kier alpha value is -1.89. The molecule has 128 valence electrons. The van der Waals surface area contributed by atoms with E-state index in [0.717, 1.165) is 43.7 Å². The third-order valence-electron chi connectivity index (χ3n) is 4.22. The number of nitrogens with one attached hydrogen (secondary N) is 2. The highest BCUT2D eigenvalue weighted by Gasteiger charge is 2.21. The van der Waals surface area contributed by atoms with Crippen molar-refractivity contribution in [3.63, 3.8) is 0 Å². The molecule has 1 fully saturated rings. The van der Waals surface area contributed by atoms with Crippen molar-refractivity contribution in [2.45, 2.75) is 32.0 Å². The second kappa shape index (κ2) is 8.28. The van der Waals surface area contributed by atoms with Crippen LogP contribution in [0.15, 0.2) is 41.8 Å². The second-order valence-corrected chi connectivity index (χ2v) is 7.19. The molecule has 1 unspecified atom stereocenters. The van der Waals surface area contributed by atoms with Gasteiger partial charge < -0.3 is 16.4 Å². The highest BCUT2D eigenvalue weighted by atomic mass is 32.1. The zero-order valence-electron chi connectivity index (χ0n) is 13.7. The molecule has 3 rings (SSSR count). The number of carbonyl (C=O) groups is 1. The van der Waals surface area contributed by atoms with E-state index in [9.17, 15) is 4.79 Å². The molecule has 4 N–H and O–H groups in total. The smallest absolute Gasteiger partial charge is 0.319 e. The molecular weight excluding hydrogens is 320 g/mol. The van der Waals surface area contributed by atoms with Gasteiger partial charge in [-0.1, -0.05) is 18.2 Å². The number of piperidine rings is 1. The van der Waals surface area contributed by atoms with Crippen LogP contribution in [0.25, 0.3) is 0 Å². The van der Waals surface area contributed by atoms with Crippen LogP contribution in [-0.4, -0.2) is 30.1 Å². The van der Waals surface area contributed by atoms with Gasteiger partial charge in [0.25, 0.3) is 0 Å². The average Bonchev–Trinajstić information content (AvgIpc) is 3.08. The molecule has 6 heteroatoms. The van der Waals surface area contributed by atoms with Gasteiger partial charge in [0.1, 0.15) is 0 Å². The number of anilines is 1. The molecule has 1 aromatic carbocycles. The maximum absolute atomic E-state index is 12.2. The predicted molar refractivity (Wildman–Crippen MR) is 99.1 cm³/mol. The van der Waals surface area contributed by atoms with Gasteiger partial charge in [-0.05, 0) is 48.5 Å². The van der Waals surface area contributed by atoms with E-state index in [1.807, 2.05) is 24.3 Å². The number of hydrogen-bond acceptors (Lipinski definition) is 4. The summed E-state index contributed by atoms with van der Waals surface area (Å²) in [5, 5.41) is 8.11. The van der Waals surface area contributed by atoms with Crippen molar-refractivity contribution in [1.29, 1.82) is 0 Å². The molecule has 2 aromatic rings. The van der Waals surface area contributed by atoms with Gasteiger partial charge in [-0.2, -0.15) is 0 Å². The summed E-state index contributed by atoms with van der Waals surface area (Å²) in [5.41, 5.74) is 7.42. The lowest BCUT2D eigenvalue weighted by Crippen LogP contribution is -2.48. The fourth-order valence-electron chi connectivity index (χ4n) is 3.07. The van der Waals surface area contributed by atoms with Gasteiger partial charge >= 0.3 is 6.03 Å². The molecule has 2 amide bonds. The normalized spacial score (nSPS) is 18.3. The van der Waals surface area contributed by atoms with Crippen LogP contribution < -0.4 is 16.4 Å². The van der Waals surface area contributed by atoms with Crippen molar-refractivity contribution in [2.75, 3.05) is 18.4 Å². The van der Waals surface area contributed by atoms with Crippen LogP contribution in [0.1, 0.15) is 23.3 Å². The third-order valence-corrected chi connectivity index (χ3v) is 5.08. The zero-order valence-corrected chi connectivity index (χ0v) is 14.5. The van der Waals surface area contributed by atoms with Crippen molar-refractivity contribution >= 4 is 23.1 Å². The first-order chi connectivity index (χ1) is 11.7. The number of nitrogens with zero attached hydrogens (tertiary/aromatic N) is 1. The van der Waals surface area contributed by atoms with Gasteiger partial charge in [-0.15, -0.1) is 11.3 Å². The molecule has 0 aliphatic carbocycles. The lowest BCUT2D eigenvalue weighted by molar-refractivity contribution is 0.184. The van der Waals surface area contributed by atoms with Crippen LogP contribution in [-0.2, 0) is 13.1 Å². The lowest BCUT2D eigenvalue weighted by Gasteiger charge is -2.32. The predicted octanol–water partition coefficient (Wildman–Crippen LogP) is 2.99. The van der Waals surface area contributed by atoms with Crippen molar-refractivity contribution in [3.8, 4) is 0 Å². The number of likely N-dealkylation sites (tertiary alicyclic amines) is 1. The Kier molecular flexibility index (Phi) is 5.85. The molecule has 2 heterocycles. The summed E-state index contributed by atoms with van der Waals surface area (Å²) in [4.78, 5) is 16.0. The molecule has 1 atom stereocenters. The van der Waals surface area contributed by atoms with E-state index in [0.29, 0.717) is 6.54 Å². The van der Waals surface area contributed by atoms with E-state index in [1.165, 1.54) is 4.88 Å². The minimum Gasteiger partial charge on any atom is -0.334 e. The number of amides is 2. The van der Waals surface area contributed by atoms with Crippen molar-refractivity contribution in [3.05, 3.63) is 52.2 Å². The average molecular weight is 344 g/mol. The fourth-order valence-corrected chi connectivity index (χ4v) is 3.81. The molecule has 1 aliphatic heterocycles. The number of nitrogens with two attached hydrogens (primary N) is 1. The summed E-state index contributed by atoms with van der Waals surface area (Å²) in [5.74, 6) is 0. The van der Waals surface area contributed by atoms with Crippen LogP contribution in [0.5, 0.6) is 0 Å². The zero-order chi connectivity index (χ0) is 16.8. The molecule has 24 heavy (non-hydrogen) atoms. The Labute approximate surface area is 146 Å². The number of hydrogen-bond donors (Lipinski definition) is 3. The van der Waals surface area contributed by atoms with Gasteiger partial charge in [0, 0.05) is 36.2 Å². The quantitative estimate of drug-likeness (QED) is 0.781. The maximum Gasteiger partial charge on any atom is 0.319 e. The number of thiophene rings is 1. The first kappa shape index (κ1) is 17.0. The Bertz CT molecular complexity index is 659. The molecule has 5 nitrogen and oxygen atoms in total. The van der Waals surface area contributed by atoms with Gasteiger partial charge in [-0.25, -0.2) is 4.79 Å². The van der Waals surface area contributed by atoms with Crippen LogP contribution in [0.3, 0.4) is 0 Å². The highest BCUT2D eigenvalue weighted by molar-refractivity contribution is 7.09. The topological polar surface area (TPSA) is 70.4 Å². The Morgan fingerprint density at radius 2 is 2.25 bits per heavy atom. The molecule has 0 bridgehead atoms. The molecular formula is C18H24N4OS. The Morgan fingerprint density at radius 3 is 3.04 bits per heavy atom. The largest absolute Gasteiger partial charge is 0.334 e. The van der Waals surface area contributed by atoms with Crippen LogP contribution >= 0.6 is 11.3 Å². The maximum atomic E-state index is 12.2. The van der Waals surface area contributed by atoms with E-state index in [4.69, 9.17) is 5.73 Å². The Balaban J connectivity index is 1.50. The SMILES string of the molecule is NCc1cccc(NC(=O)NC2CCCN(Cc3cccs3)C2)c1. The van der Waals surface area contributed by atoms with E-state index in [2.05, 4.69) is 33.0 Å². The van der Waals surface area contributed by atoms with E-state index >= 15 is 0 Å². The van der Waals surface area contributed by atoms with Crippen LogP contribution in [0.2, 0.25) is 0 Å². The van der Waals surface area contributed by atoms with Gasteiger partial charge in [0.2, 0.25) is 0 Å². The number of carbonyl (C=O) groups excluding carboxylic acids is 1. The second-order valence-electron chi connectivity index (χ2n) is 6.16. The van der Waals surface area contributed by atoms with E-state index in [-0.39, 0.29) is 12.1 Å². The Morgan fingerprint density at radius 1 is 1.33 bits per heavy atom. The van der Waals surface area contributed by atoms with Crippen LogP contribution in [0, 0.1) is 0 Å². The first-order valence-electron chi connectivity index (χ1n) is 8.34. The van der Waals surface area contributed by atoms with E-state index < -0.39 is 0 Å². The van der Waals surface area contributed by atoms with Crippen LogP contribution in [0.4, 0.5) is 10.5 Å². The lowest BCUT2D eigenvalue weighted by atomic mass is 10.1. The highest BCUT2D eigenvalue weighted by Crippen LogP contribution is 2.17. The number of benzene rings is 1. The van der Waals surface area contributed by atoms with E-state index in [1.54, 1.807) is 11.3 Å². The molecule has 1 aliphatic rings. The molecule has 1 aromatic heterocycles. The minimum absolute atomic E-state index is 0.146. The third kappa shape index (κ3) is 4.80. The molecule has 0 radical (unpaired) electrons. The molecule has 0 saturated carbocycles. The summed E-state index contributed by atoms with van der Waals surface area (Å²) >= 11 is 1.79. The van der Waals surface area contributed by atoms with Gasteiger partial charge in [0.15, 0.2) is 0 Å². The van der Waals surface area contributed by atoms with Crippen molar-refractivity contribution < 1.29 is 4.79 Å². The monoisotopic (exact) mass is 344 g/mol. The summed E-state index contributed by atoms with van der Waals surface area (Å²) in [6.07, 6.45) is 2.14. The van der Waals surface area contributed by atoms with Crippen molar-refractivity contribution in [2.24, 2.45) is 5.73 Å². The summed E-state index contributed by atoms with van der Waals surface area (Å²) in [7, 11) is 0. The summed E-state index contributed by atoms with van der Waals surface area (Å²) < 4.78 is 0. The standard InChI is InChI=1S/C18H24N4OS/c19-11-14-4-1-5-15(10-14)20-18(23)21-16-6-2-8-22(12-16)13-17-7-3-9-24-17/h1,3-5,7,9-10,16H,2,6,8,11-13,19H2,(H2,20,21,23).